The third-order valence-electron chi connectivity index (χ3n) is 14.7. The first kappa shape index (κ1) is 39.0. The quantitative estimate of drug-likeness (QED) is 0.177. The first-order chi connectivity index (χ1) is 31.6. The Morgan fingerprint density at radius 2 is 1.35 bits per heavy atom. The van der Waals surface area contributed by atoms with Gasteiger partial charge in [-0.2, -0.15) is 0 Å². The summed E-state index contributed by atoms with van der Waals surface area (Å²) < 4.78 is 31.3. The van der Waals surface area contributed by atoms with Crippen molar-refractivity contribution in [1.82, 2.24) is 14.1 Å². The Morgan fingerprint density at radius 1 is 0.631 bits per heavy atom. The molecular formula is C60H60N4O. The van der Waals surface area contributed by atoms with Gasteiger partial charge in [0.25, 0.3) is 0 Å². The highest BCUT2D eigenvalue weighted by Gasteiger charge is 2.57. The van der Waals surface area contributed by atoms with E-state index >= 15 is 0 Å². The predicted molar refractivity (Wildman–Crippen MR) is 273 cm³/mol. The molecule has 1 aliphatic heterocycles. The summed E-state index contributed by atoms with van der Waals surface area (Å²) in [6.45, 7) is 26.3. The van der Waals surface area contributed by atoms with E-state index in [0.717, 1.165) is 77.9 Å². The van der Waals surface area contributed by atoms with Crippen LogP contribution in [0.2, 0.25) is 0 Å². The predicted octanol–water partition coefficient (Wildman–Crippen LogP) is 15.2. The average Bonchev–Trinajstić information content (AvgIpc) is 3.85. The molecule has 0 radical (unpaired) electrons. The Kier molecular flexibility index (Phi) is 8.40. The van der Waals surface area contributed by atoms with Gasteiger partial charge in [0.15, 0.2) is 5.60 Å². The van der Waals surface area contributed by atoms with E-state index in [1.54, 1.807) is 0 Å². The molecule has 0 bridgehead atoms. The average molecular weight is 855 g/mol. The summed E-state index contributed by atoms with van der Waals surface area (Å²) in [5.41, 5.74) is 16.0. The van der Waals surface area contributed by atoms with Crippen molar-refractivity contribution in [2.75, 3.05) is 0 Å². The number of nitrogens with zero attached hydrogens (tertiary/aromatic N) is 4. The van der Waals surface area contributed by atoms with Crippen LogP contribution >= 0.6 is 0 Å². The number of benzene rings is 6. The summed E-state index contributed by atoms with van der Waals surface area (Å²) in [7, 11) is 0. The second-order valence-electron chi connectivity index (χ2n) is 21.4. The Hall–Kier alpha value is -6.46. The number of hydrogen-bond donors (Lipinski definition) is 0. The van der Waals surface area contributed by atoms with Gasteiger partial charge < -0.3 is 9.30 Å². The lowest BCUT2D eigenvalue weighted by molar-refractivity contribution is 0.0178. The minimum Gasteiger partial charge on any atom is -0.464 e. The fourth-order valence-corrected chi connectivity index (χ4v) is 11.3. The van der Waals surface area contributed by atoms with E-state index in [9.17, 15) is 2.74 Å². The zero-order valence-corrected chi connectivity index (χ0v) is 40.0. The van der Waals surface area contributed by atoms with Gasteiger partial charge in [-0.05, 0) is 176 Å². The van der Waals surface area contributed by atoms with Crippen molar-refractivity contribution in [2.45, 2.75) is 118 Å². The molecule has 9 aromatic rings. The van der Waals surface area contributed by atoms with Crippen molar-refractivity contribution in [1.29, 1.82) is 0 Å². The molecular weight excluding hydrogens is 793 g/mol. The van der Waals surface area contributed by atoms with E-state index < -0.39 is 17.5 Å². The van der Waals surface area contributed by atoms with Crippen LogP contribution in [-0.2, 0) is 27.5 Å². The molecule has 0 saturated heterocycles. The van der Waals surface area contributed by atoms with Gasteiger partial charge in [-0.15, -0.1) is 0 Å². The van der Waals surface area contributed by atoms with Crippen molar-refractivity contribution >= 4 is 49.6 Å². The van der Waals surface area contributed by atoms with Gasteiger partial charge >= 0.3 is 0 Å². The van der Waals surface area contributed by atoms with Gasteiger partial charge in [0.1, 0.15) is 11.2 Å². The lowest BCUT2D eigenvalue weighted by Gasteiger charge is -2.44. The maximum absolute atomic E-state index is 9.62. The van der Waals surface area contributed by atoms with Crippen molar-refractivity contribution in [3.63, 3.8) is 0 Å². The molecule has 0 saturated carbocycles. The highest BCUT2D eigenvalue weighted by molar-refractivity contribution is 6.12. The zero-order chi connectivity index (χ0) is 47.3. The molecule has 326 valence electrons. The topological polar surface area (TPSA) is 44.3 Å². The summed E-state index contributed by atoms with van der Waals surface area (Å²) in [6, 6.07) is 42.1. The van der Waals surface area contributed by atoms with Crippen LogP contribution in [0.1, 0.15) is 115 Å². The van der Waals surface area contributed by atoms with Crippen LogP contribution in [0.25, 0.3) is 66.2 Å². The van der Waals surface area contributed by atoms with E-state index in [-0.39, 0.29) is 17.3 Å². The molecule has 65 heavy (non-hydrogen) atoms. The zero-order valence-electron chi connectivity index (χ0n) is 42.0. The largest absolute Gasteiger partial charge is 0.464 e. The maximum Gasteiger partial charge on any atom is 0.217 e. The normalized spacial score (nSPS) is 19.9. The Bertz CT molecular complexity index is 3600. The van der Waals surface area contributed by atoms with E-state index in [4.69, 9.17) is 14.7 Å². The number of aliphatic imine (C=N–C) groups is 1. The monoisotopic (exact) mass is 854 g/mol. The molecule has 2 atom stereocenters. The summed E-state index contributed by atoms with van der Waals surface area (Å²) >= 11 is 0. The highest BCUT2D eigenvalue weighted by Crippen LogP contribution is 2.54. The summed E-state index contributed by atoms with van der Waals surface area (Å²) in [5.74, 6) is 0.551. The van der Waals surface area contributed by atoms with Gasteiger partial charge in [-0.25, -0.2) is 9.98 Å². The second-order valence-corrected chi connectivity index (χ2v) is 21.4. The van der Waals surface area contributed by atoms with Crippen LogP contribution in [0.3, 0.4) is 0 Å². The molecule has 0 fully saturated rings. The van der Waals surface area contributed by atoms with Gasteiger partial charge in [-0.3, -0.25) is 4.57 Å². The molecule has 0 N–H and O–H groups in total. The fourth-order valence-electron chi connectivity index (χ4n) is 11.3. The molecule has 6 aromatic carbocycles. The molecule has 4 heterocycles. The summed E-state index contributed by atoms with van der Waals surface area (Å²) in [6.07, 6.45) is 0.507. The smallest absolute Gasteiger partial charge is 0.217 e. The van der Waals surface area contributed by atoms with E-state index in [0.29, 0.717) is 5.90 Å². The molecule has 5 heteroatoms. The molecule has 1 aliphatic carbocycles. The highest BCUT2D eigenvalue weighted by atomic mass is 16.5. The summed E-state index contributed by atoms with van der Waals surface area (Å²) in [5, 5.41) is 4.66. The first-order valence-corrected chi connectivity index (χ1v) is 23.2. The van der Waals surface area contributed by atoms with E-state index in [1.165, 1.54) is 38.4 Å². The number of aromatic nitrogens is 3. The maximum atomic E-state index is 9.62. The first-order valence-electron chi connectivity index (χ1n) is 24.2. The number of pyridine rings is 1. The van der Waals surface area contributed by atoms with Crippen LogP contribution in [0.5, 0.6) is 0 Å². The third-order valence-corrected chi connectivity index (χ3v) is 14.7. The van der Waals surface area contributed by atoms with E-state index in [1.807, 2.05) is 12.3 Å². The lowest BCUT2D eigenvalue weighted by atomic mass is 9.65. The Balaban J connectivity index is 1.13. The van der Waals surface area contributed by atoms with Crippen LogP contribution in [-0.4, -0.2) is 25.6 Å². The number of fused-ring (bicyclic) bond motifs is 9. The minimum absolute atomic E-state index is 0.138. The molecule has 5 nitrogen and oxygen atoms in total. The van der Waals surface area contributed by atoms with Crippen molar-refractivity contribution in [2.24, 2.45) is 4.99 Å². The standard InChI is InChI=1S/C60H60N4O/c1-35-20-22-50-46(27-35)47-28-36(2)52(64-51-23-21-40(39-17-14-13-15-18-39)32-48(51)45-19-16-26-61-55(45)64)34-53(47)63(50)43-31-41(30-42(33-43)57(5,6)7)56-62-59(11)25-24-44-38(4)54(58(8,9)10)37(3)29-49(44)60(59,12)65-56/h13-23,26-34H,24-25H2,1-12H3/t59-,60+/m1/s1/i24D2. The molecule has 0 unspecified atom stereocenters. The fraction of sp³-hybridized carbons (Fsp3) is 0.300. The van der Waals surface area contributed by atoms with Crippen molar-refractivity contribution in [3.05, 3.63) is 172 Å². The molecule has 0 amide bonds. The van der Waals surface area contributed by atoms with Crippen LogP contribution < -0.4 is 0 Å². The molecule has 11 rings (SSSR count). The van der Waals surface area contributed by atoms with Crippen molar-refractivity contribution < 1.29 is 7.48 Å². The van der Waals surface area contributed by atoms with Gasteiger partial charge in [0.05, 0.1) is 22.2 Å². The number of ether oxygens (including phenoxy) is 1. The van der Waals surface area contributed by atoms with Crippen LogP contribution in [0.4, 0.5) is 0 Å². The number of hydrogen-bond acceptors (Lipinski definition) is 3. The van der Waals surface area contributed by atoms with Gasteiger partial charge in [0.2, 0.25) is 5.90 Å². The number of aryl methyl sites for hydroxylation is 3. The Labute approximate surface area is 386 Å². The van der Waals surface area contributed by atoms with Gasteiger partial charge in [-0.1, -0.05) is 95.6 Å². The molecule has 3 aromatic heterocycles. The van der Waals surface area contributed by atoms with E-state index in [2.05, 4.69) is 201 Å². The molecule has 2 aliphatic rings. The van der Waals surface area contributed by atoms with Crippen molar-refractivity contribution in [3.8, 4) is 22.5 Å². The third kappa shape index (κ3) is 6.18. The Morgan fingerprint density at radius 3 is 2.11 bits per heavy atom. The van der Waals surface area contributed by atoms with Crippen LogP contribution in [0, 0.1) is 27.7 Å². The molecule has 0 spiro atoms. The number of rotatable bonds is 4. The van der Waals surface area contributed by atoms with Crippen LogP contribution in [0.15, 0.2) is 126 Å². The SMILES string of the molecule is [2H]C1([2H])C[C@@]2(C)N=C(c3cc(-n4c5ccc(C)cc5c5cc(C)c(-n6c7ccc(-c8ccccc8)cc7c7cccnc76)cc54)cc(C(C)(C)C)c3)O[C@@]2(C)c2cc(C)c(C(C)(C)C)c(C)c21. The van der Waals surface area contributed by atoms with Gasteiger partial charge in [0, 0.05) is 47.3 Å². The minimum atomic E-state index is -1.60. The second kappa shape index (κ2) is 14.0. The summed E-state index contributed by atoms with van der Waals surface area (Å²) in [4.78, 5) is 10.5. The lowest BCUT2D eigenvalue weighted by Crippen LogP contribution is -2.48.